The molecule has 30 heavy (non-hydrogen) atoms. The number of amides is 2. The number of hydrogen-bond acceptors (Lipinski definition) is 5. The maximum Gasteiger partial charge on any atom is 0.317 e. The predicted molar refractivity (Wildman–Crippen MR) is 107 cm³/mol. The molecule has 2 aliphatic rings. The van der Waals surface area contributed by atoms with Gasteiger partial charge in [-0.05, 0) is 25.0 Å². The van der Waals surface area contributed by atoms with Crippen LogP contribution in [-0.2, 0) is 20.0 Å². The minimum absolute atomic E-state index is 0.0340. The number of benzene rings is 1. The lowest BCUT2D eigenvalue weighted by Gasteiger charge is -2.29. The highest BCUT2D eigenvalue weighted by Crippen LogP contribution is 2.30. The van der Waals surface area contributed by atoms with Gasteiger partial charge in [0.1, 0.15) is 5.82 Å². The molecule has 0 unspecified atom stereocenters. The second-order valence-electron chi connectivity index (χ2n) is 7.93. The summed E-state index contributed by atoms with van der Waals surface area (Å²) in [5.41, 5.74) is 3.08. The van der Waals surface area contributed by atoms with Gasteiger partial charge in [-0.3, -0.25) is 4.68 Å². The Morgan fingerprint density at radius 2 is 2.13 bits per heavy atom. The number of aryl methyl sites for hydroxylation is 1. The summed E-state index contributed by atoms with van der Waals surface area (Å²) in [6.07, 6.45) is 5.16. The summed E-state index contributed by atoms with van der Waals surface area (Å²) in [5.74, 6) is 0.206. The van der Waals surface area contributed by atoms with Crippen LogP contribution >= 0.6 is 0 Å². The van der Waals surface area contributed by atoms with E-state index in [0.717, 1.165) is 24.1 Å². The molecule has 1 aliphatic carbocycles. The van der Waals surface area contributed by atoms with Gasteiger partial charge < -0.3 is 14.7 Å². The number of rotatable bonds is 3. The molecule has 0 bridgehead atoms. The number of halogens is 1. The Labute approximate surface area is 173 Å². The largest absolute Gasteiger partial charge is 0.335 e. The molecule has 1 aliphatic heterocycles. The van der Waals surface area contributed by atoms with Crippen molar-refractivity contribution in [2.45, 2.75) is 44.7 Å². The highest BCUT2D eigenvalue weighted by Gasteiger charge is 2.30. The van der Waals surface area contributed by atoms with Crippen LogP contribution in [0.2, 0.25) is 0 Å². The second kappa shape index (κ2) is 7.55. The van der Waals surface area contributed by atoms with E-state index >= 15 is 0 Å². The van der Waals surface area contributed by atoms with Gasteiger partial charge in [-0.1, -0.05) is 30.1 Å². The molecule has 1 N–H and O–H groups in total. The van der Waals surface area contributed by atoms with Crippen LogP contribution in [0.1, 0.15) is 36.9 Å². The molecule has 9 heteroatoms. The molecule has 156 valence electrons. The van der Waals surface area contributed by atoms with Crippen molar-refractivity contribution in [1.82, 2.24) is 30.1 Å². The number of fused-ring (bicyclic) bond motifs is 1. The van der Waals surface area contributed by atoms with Gasteiger partial charge in [0.15, 0.2) is 5.69 Å². The Kier molecular flexibility index (Phi) is 4.72. The van der Waals surface area contributed by atoms with Crippen molar-refractivity contribution in [3.63, 3.8) is 0 Å². The Balaban J connectivity index is 1.40. The number of nitrogens with zero attached hydrogens (tertiary/aromatic N) is 5. The lowest BCUT2D eigenvalue weighted by atomic mass is 10.1. The van der Waals surface area contributed by atoms with Gasteiger partial charge in [0, 0.05) is 42.9 Å². The van der Waals surface area contributed by atoms with E-state index in [9.17, 15) is 9.18 Å². The minimum atomic E-state index is -0.363. The molecule has 2 amide bonds. The quantitative estimate of drug-likeness (QED) is 0.716. The molecule has 1 fully saturated rings. The first-order chi connectivity index (χ1) is 14.6. The molecular weight excluding hydrogens is 387 g/mol. The van der Waals surface area contributed by atoms with Crippen LogP contribution < -0.4 is 5.32 Å². The number of hydrogen-bond donors (Lipinski definition) is 1. The normalized spacial score (nSPS) is 16.7. The van der Waals surface area contributed by atoms with Crippen molar-refractivity contribution in [3.05, 3.63) is 41.3 Å². The van der Waals surface area contributed by atoms with E-state index < -0.39 is 0 Å². The third kappa shape index (κ3) is 3.44. The van der Waals surface area contributed by atoms with Crippen molar-refractivity contribution in [1.29, 1.82) is 0 Å². The fourth-order valence-corrected chi connectivity index (χ4v) is 4.34. The van der Waals surface area contributed by atoms with E-state index in [1.165, 1.54) is 25.0 Å². The molecule has 0 radical (unpaired) electrons. The smallest absolute Gasteiger partial charge is 0.317 e. The highest BCUT2D eigenvalue weighted by atomic mass is 19.1. The summed E-state index contributed by atoms with van der Waals surface area (Å²) in [4.78, 5) is 19.0. The van der Waals surface area contributed by atoms with Crippen LogP contribution in [0.3, 0.4) is 0 Å². The molecule has 5 rings (SSSR count). The van der Waals surface area contributed by atoms with Gasteiger partial charge in [-0.15, -0.1) is 0 Å². The van der Waals surface area contributed by atoms with Crippen molar-refractivity contribution in [2.75, 3.05) is 6.54 Å². The average Bonchev–Trinajstić information content (AvgIpc) is 3.48. The minimum Gasteiger partial charge on any atom is -0.335 e. The third-order valence-electron chi connectivity index (χ3n) is 5.92. The molecule has 2 aromatic heterocycles. The molecule has 8 nitrogen and oxygen atoms in total. The van der Waals surface area contributed by atoms with Crippen LogP contribution in [0.15, 0.2) is 28.8 Å². The molecule has 1 saturated carbocycles. The Morgan fingerprint density at radius 3 is 2.93 bits per heavy atom. The summed E-state index contributed by atoms with van der Waals surface area (Å²) in [7, 11) is 1.88. The summed E-state index contributed by atoms with van der Waals surface area (Å²) in [6.45, 7) is 1.08. The number of aromatic nitrogens is 4. The zero-order valence-corrected chi connectivity index (χ0v) is 16.8. The van der Waals surface area contributed by atoms with Crippen molar-refractivity contribution in [2.24, 2.45) is 7.05 Å². The van der Waals surface area contributed by atoms with Crippen LogP contribution in [0.4, 0.5) is 9.18 Å². The zero-order chi connectivity index (χ0) is 20.7. The first kappa shape index (κ1) is 18.8. The number of carbonyl (C=O) groups excluding carboxylic acids is 1. The van der Waals surface area contributed by atoms with Crippen molar-refractivity contribution in [3.8, 4) is 23.0 Å². The van der Waals surface area contributed by atoms with E-state index in [0.29, 0.717) is 36.6 Å². The SMILES string of the molecule is Cn1nc(-c2nc(-c3cccc(F)c3)no2)c2c1CCN(C(=O)NC1CCCC1)C2. The molecule has 0 spiro atoms. The predicted octanol–water partition coefficient (Wildman–Crippen LogP) is 3.29. The number of carbonyl (C=O) groups is 1. The van der Waals surface area contributed by atoms with Gasteiger partial charge in [0.05, 0.1) is 6.54 Å². The topological polar surface area (TPSA) is 89.1 Å². The summed E-state index contributed by atoms with van der Waals surface area (Å²) in [5, 5.41) is 11.7. The van der Waals surface area contributed by atoms with E-state index in [1.54, 1.807) is 12.1 Å². The molecule has 1 aromatic carbocycles. The van der Waals surface area contributed by atoms with Crippen molar-refractivity contribution < 1.29 is 13.7 Å². The zero-order valence-electron chi connectivity index (χ0n) is 16.8. The van der Waals surface area contributed by atoms with E-state index in [1.807, 2.05) is 16.6 Å². The fourth-order valence-electron chi connectivity index (χ4n) is 4.34. The number of nitrogens with one attached hydrogen (secondary N) is 1. The van der Waals surface area contributed by atoms with Crippen LogP contribution in [-0.4, -0.2) is 43.4 Å². The highest BCUT2D eigenvalue weighted by molar-refractivity contribution is 5.75. The van der Waals surface area contributed by atoms with E-state index in [4.69, 9.17) is 4.52 Å². The average molecular weight is 410 g/mol. The lowest BCUT2D eigenvalue weighted by Crippen LogP contribution is -2.46. The molecule has 3 heterocycles. The monoisotopic (exact) mass is 410 g/mol. The summed E-state index contributed by atoms with van der Waals surface area (Å²) in [6, 6.07) is 6.29. The van der Waals surface area contributed by atoms with Gasteiger partial charge in [0.25, 0.3) is 5.89 Å². The Morgan fingerprint density at radius 1 is 1.30 bits per heavy atom. The summed E-state index contributed by atoms with van der Waals surface area (Å²) < 4.78 is 20.8. The summed E-state index contributed by atoms with van der Waals surface area (Å²) >= 11 is 0. The Bertz CT molecular complexity index is 1090. The molecule has 0 saturated heterocycles. The van der Waals surface area contributed by atoms with Gasteiger partial charge in [-0.2, -0.15) is 10.1 Å². The number of urea groups is 1. The molecule has 0 atom stereocenters. The van der Waals surface area contributed by atoms with Gasteiger partial charge in [0.2, 0.25) is 5.82 Å². The van der Waals surface area contributed by atoms with Crippen molar-refractivity contribution >= 4 is 6.03 Å². The van der Waals surface area contributed by atoms with Crippen LogP contribution in [0.25, 0.3) is 23.0 Å². The maximum atomic E-state index is 13.5. The van der Waals surface area contributed by atoms with Gasteiger partial charge in [-0.25, -0.2) is 9.18 Å². The maximum absolute atomic E-state index is 13.5. The van der Waals surface area contributed by atoms with E-state index in [2.05, 4.69) is 20.6 Å². The lowest BCUT2D eigenvalue weighted by molar-refractivity contribution is 0.188. The molecular formula is C21H23FN6O2. The second-order valence-corrected chi connectivity index (χ2v) is 7.93. The fraction of sp³-hybridized carbons (Fsp3) is 0.429. The first-order valence-electron chi connectivity index (χ1n) is 10.3. The van der Waals surface area contributed by atoms with Gasteiger partial charge >= 0.3 is 6.03 Å². The Hall–Kier alpha value is -3.23. The first-order valence-corrected chi connectivity index (χ1v) is 10.3. The van der Waals surface area contributed by atoms with E-state index in [-0.39, 0.29) is 23.8 Å². The molecule has 3 aromatic rings. The van der Waals surface area contributed by atoms with Crippen LogP contribution in [0, 0.1) is 5.82 Å². The third-order valence-corrected chi connectivity index (χ3v) is 5.92. The standard InChI is InChI=1S/C21H23FN6O2/c1-27-17-9-10-28(21(29)23-15-7-2-3-8-15)12-16(17)18(25-27)20-24-19(26-30-20)13-5-4-6-14(22)11-13/h4-6,11,15H,2-3,7-10,12H2,1H3,(H,23,29). The van der Waals surface area contributed by atoms with Crippen LogP contribution in [0.5, 0.6) is 0 Å².